The summed E-state index contributed by atoms with van der Waals surface area (Å²) in [6.07, 6.45) is -2.34. The Bertz CT molecular complexity index is 939. The topological polar surface area (TPSA) is 242 Å². The molecule has 2 atom stereocenters. The van der Waals surface area contributed by atoms with E-state index >= 15 is 0 Å². The average Bonchev–Trinajstić information content (AvgIpc) is 2.98. The number of hydrogen-bond acceptors (Lipinski definition) is 14. The van der Waals surface area contributed by atoms with E-state index in [1.165, 1.54) is 0 Å². The maximum Gasteiger partial charge on any atom is 1.00 e. The molecule has 0 aliphatic carbocycles. The van der Waals surface area contributed by atoms with Gasteiger partial charge >= 0.3 is 71.1 Å². The number of carbonyl (C=O) groups excluding carboxylic acids is 6. The molecule has 2 heterocycles. The number of hydroxylamine groups is 4. The summed E-state index contributed by atoms with van der Waals surface area (Å²) in [6, 6.07) is 0. The molecular formula is C10H6N2Na2O14S2. The molecule has 30 heavy (non-hydrogen) atoms. The van der Waals surface area contributed by atoms with Crippen LogP contribution >= 0.6 is 0 Å². The Morgan fingerprint density at radius 1 is 0.733 bits per heavy atom. The molecule has 2 saturated heterocycles. The third-order valence-corrected chi connectivity index (χ3v) is 5.47. The Morgan fingerprint density at radius 2 is 1.00 bits per heavy atom. The smallest absolute Gasteiger partial charge is 0.747 e. The molecule has 4 amide bonds. The predicted octanol–water partition coefficient (Wildman–Crippen LogP) is -10.7. The van der Waals surface area contributed by atoms with Crippen LogP contribution in [0.2, 0.25) is 0 Å². The maximum atomic E-state index is 11.6. The first-order valence-corrected chi connectivity index (χ1v) is 9.66. The van der Waals surface area contributed by atoms with Gasteiger partial charge in [-0.05, 0) is 0 Å². The van der Waals surface area contributed by atoms with Crippen LogP contribution in [0.25, 0.3) is 0 Å². The molecule has 16 nitrogen and oxygen atoms in total. The predicted molar refractivity (Wildman–Crippen MR) is 72.1 cm³/mol. The summed E-state index contributed by atoms with van der Waals surface area (Å²) in [6.45, 7) is 0. The van der Waals surface area contributed by atoms with E-state index in [2.05, 4.69) is 9.68 Å². The Kier molecular flexibility index (Phi) is 9.78. The third kappa shape index (κ3) is 6.05. The summed E-state index contributed by atoms with van der Waals surface area (Å²) in [5.74, 6) is -10.9. The van der Waals surface area contributed by atoms with Gasteiger partial charge in [0.1, 0.15) is 30.7 Å². The van der Waals surface area contributed by atoms with Crippen LogP contribution in [0.4, 0.5) is 0 Å². The molecule has 0 bridgehead atoms. The van der Waals surface area contributed by atoms with Gasteiger partial charge in [-0.1, -0.05) is 0 Å². The fourth-order valence-corrected chi connectivity index (χ4v) is 3.43. The summed E-state index contributed by atoms with van der Waals surface area (Å²) < 4.78 is 65.0. The quantitative estimate of drug-likeness (QED) is 0.154. The van der Waals surface area contributed by atoms with Crippen molar-refractivity contribution in [3.63, 3.8) is 0 Å². The molecule has 0 saturated carbocycles. The normalized spacial score (nSPS) is 21.8. The number of hydrogen-bond donors (Lipinski definition) is 0. The van der Waals surface area contributed by atoms with Crippen LogP contribution in [0.5, 0.6) is 0 Å². The van der Waals surface area contributed by atoms with Gasteiger partial charge in [0.25, 0.3) is 23.6 Å². The summed E-state index contributed by atoms with van der Waals surface area (Å²) in [5, 5.41) is -5.79. The molecule has 2 aliphatic rings. The number of rotatable bonds is 4. The molecule has 2 rings (SSSR count). The number of nitrogens with zero attached hydrogens (tertiary/aromatic N) is 2. The number of carbonyl (C=O) groups is 6. The molecule has 2 unspecified atom stereocenters. The molecule has 154 valence electrons. The van der Waals surface area contributed by atoms with E-state index in [9.17, 15) is 54.7 Å². The second kappa shape index (κ2) is 10.1. The van der Waals surface area contributed by atoms with Gasteiger partial charge in [0.05, 0.1) is 12.8 Å². The van der Waals surface area contributed by atoms with Gasteiger partial charge in [-0.3, -0.25) is 19.2 Å². The largest absolute Gasteiger partial charge is 1.00 e. The fraction of sp³-hybridized carbons (Fsp3) is 0.400. The fourth-order valence-electron chi connectivity index (χ4n) is 2.05. The van der Waals surface area contributed by atoms with Crippen molar-refractivity contribution in [2.24, 2.45) is 0 Å². The summed E-state index contributed by atoms with van der Waals surface area (Å²) >= 11 is 0. The van der Waals surface area contributed by atoms with Gasteiger partial charge < -0.3 is 18.8 Å². The Balaban J connectivity index is 0.00000420. The summed E-state index contributed by atoms with van der Waals surface area (Å²) in [4.78, 5) is 77.1. The van der Waals surface area contributed by atoms with E-state index < -0.39 is 89.3 Å². The van der Waals surface area contributed by atoms with E-state index in [4.69, 9.17) is 0 Å². The van der Waals surface area contributed by atoms with E-state index in [0.29, 0.717) is 0 Å². The molecule has 20 heteroatoms. The van der Waals surface area contributed by atoms with Crippen molar-refractivity contribution in [3.8, 4) is 0 Å². The minimum atomic E-state index is -5.28. The van der Waals surface area contributed by atoms with Crippen molar-refractivity contribution in [2.75, 3.05) is 0 Å². The van der Waals surface area contributed by atoms with Crippen LogP contribution in [-0.2, 0) is 58.7 Å². The van der Waals surface area contributed by atoms with Crippen molar-refractivity contribution >= 4 is 55.8 Å². The number of amides is 4. The van der Waals surface area contributed by atoms with E-state index in [-0.39, 0.29) is 59.1 Å². The van der Waals surface area contributed by atoms with Crippen LogP contribution < -0.4 is 59.1 Å². The molecule has 2 aliphatic heterocycles. The molecule has 0 spiro atoms. The Hall–Kier alpha value is -0.960. The van der Waals surface area contributed by atoms with Gasteiger partial charge in [-0.2, -0.15) is 0 Å². The summed E-state index contributed by atoms with van der Waals surface area (Å²) in [7, 11) is -10.6. The average molecular weight is 488 g/mol. The van der Waals surface area contributed by atoms with E-state index in [0.717, 1.165) is 0 Å². The molecule has 0 aromatic carbocycles. The zero-order valence-electron chi connectivity index (χ0n) is 15.0. The SMILES string of the molecule is O=C(ON1C(=O)CC(S(=O)(=O)[O-])C1=O)C(=O)ON1C(=O)CC(S(=O)(=O)[O-])C1=O.[Na+].[Na+]. The van der Waals surface area contributed by atoms with Gasteiger partial charge in [-0.25, -0.2) is 26.4 Å². The van der Waals surface area contributed by atoms with Crippen LogP contribution in [0.3, 0.4) is 0 Å². The zero-order chi connectivity index (χ0) is 21.6. The number of imide groups is 2. The van der Waals surface area contributed by atoms with Crippen molar-refractivity contribution in [3.05, 3.63) is 0 Å². The minimum absolute atomic E-state index is 0. The van der Waals surface area contributed by atoms with Gasteiger partial charge in [0.15, 0.2) is 0 Å². The van der Waals surface area contributed by atoms with E-state index in [1.807, 2.05) is 0 Å². The van der Waals surface area contributed by atoms with Crippen molar-refractivity contribution in [2.45, 2.75) is 23.3 Å². The molecule has 2 fully saturated rings. The standard InChI is InChI=1S/C10H8N2O14S2.2Na/c13-5-1-3(27(19,20)21)7(15)11(5)25-9(17)10(18)26-12-6(14)2-4(8(12)16)28(22,23)24;;/h3-4H,1-2H2,(H,19,20,21)(H,22,23,24);;/q;2*+1/p-2. The Labute approximate surface area is 211 Å². The van der Waals surface area contributed by atoms with Crippen molar-refractivity contribution in [1.29, 1.82) is 0 Å². The van der Waals surface area contributed by atoms with Gasteiger partial charge in [0.2, 0.25) is 0 Å². The molecule has 0 radical (unpaired) electrons. The third-order valence-electron chi connectivity index (χ3n) is 3.34. The van der Waals surface area contributed by atoms with Crippen LogP contribution in [-0.4, -0.2) is 82.1 Å². The monoisotopic (exact) mass is 488 g/mol. The van der Waals surface area contributed by atoms with Gasteiger partial charge in [0, 0.05) is 0 Å². The molecule has 0 aromatic heterocycles. The van der Waals surface area contributed by atoms with Crippen LogP contribution in [0, 0.1) is 0 Å². The molecular weight excluding hydrogens is 482 g/mol. The first-order valence-electron chi connectivity index (χ1n) is 6.71. The second-order valence-corrected chi connectivity index (χ2v) is 8.29. The second-order valence-electron chi connectivity index (χ2n) is 5.18. The molecule has 0 aromatic rings. The van der Waals surface area contributed by atoms with Crippen molar-refractivity contribution < 1.29 is 123 Å². The maximum absolute atomic E-state index is 11.6. The van der Waals surface area contributed by atoms with Gasteiger partial charge in [-0.15, -0.1) is 10.1 Å². The van der Waals surface area contributed by atoms with Crippen molar-refractivity contribution in [1.82, 2.24) is 10.1 Å². The van der Waals surface area contributed by atoms with Crippen LogP contribution in [0.1, 0.15) is 12.8 Å². The van der Waals surface area contributed by atoms with E-state index in [1.54, 1.807) is 0 Å². The summed E-state index contributed by atoms with van der Waals surface area (Å²) in [5.41, 5.74) is 0. The minimum Gasteiger partial charge on any atom is -0.747 e. The first-order chi connectivity index (χ1) is 12.6. The molecule has 0 N–H and O–H groups in total. The Morgan fingerprint density at radius 3 is 1.20 bits per heavy atom. The first kappa shape index (κ1) is 29.0. The zero-order valence-corrected chi connectivity index (χ0v) is 20.6. The van der Waals surface area contributed by atoms with Crippen LogP contribution in [0.15, 0.2) is 0 Å².